The molecule has 1 aromatic rings. The van der Waals surface area contributed by atoms with Crippen molar-refractivity contribution < 1.29 is 0 Å². The number of anilines is 1. The van der Waals surface area contributed by atoms with E-state index in [-0.39, 0.29) is 0 Å². The highest BCUT2D eigenvalue weighted by atomic mass is 15.3. The number of likely N-dealkylation sites (N-methyl/N-ethyl adjacent to an activating group) is 1. The summed E-state index contributed by atoms with van der Waals surface area (Å²) in [4.78, 5) is 13.4. The molecule has 0 unspecified atom stereocenters. The molecule has 0 bridgehead atoms. The van der Waals surface area contributed by atoms with Gasteiger partial charge in [-0.2, -0.15) is 0 Å². The molecule has 0 spiro atoms. The van der Waals surface area contributed by atoms with Gasteiger partial charge in [0.2, 0.25) is 0 Å². The quantitative estimate of drug-likeness (QED) is 0.882. The largest absolute Gasteiger partial charge is 0.357 e. The summed E-state index contributed by atoms with van der Waals surface area (Å²) in [5.41, 5.74) is 1.26. The topological polar surface area (TPSA) is 43.8 Å². The number of hydrogen-bond acceptors (Lipinski definition) is 5. The Kier molecular flexibility index (Phi) is 3.53. The smallest absolute Gasteiger partial charge is 0.194 e. The van der Waals surface area contributed by atoms with Crippen molar-refractivity contribution in [1.82, 2.24) is 15.2 Å². The Hall–Kier alpha value is -1.78. The zero-order valence-electron chi connectivity index (χ0n) is 11.5. The summed E-state index contributed by atoms with van der Waals surface area (Å²) in [6.45, 7) is 5.00. The third-order valence-corrected chi connectivity index (χ3v) is 3.75. The molecule has 0 atom stereocenters. The van der Waals surface area contributed by atoms with E-state index in [1.165, 1.54) is 18.4 Å². The second-order valence-corrected chi connectivity index (χ2v) is 5.20. The van der Waals surface area contributed by atoms with E-state index < -0.39 is 0 Å². The third kappa shape index (κ3) is 2.80. The second-order valence-electron chi connectivity index (χ2n) is 5.20. The maximum absolute atomic E-state index is 4.47. The van der Waals surface area contributed by atoms with Gasteiger partial charge in [0, 0.05) is 39.4 Å². The molecule has 0 radical (unpaired) electrons. The van der Waals surface area contributed by atoms with E-state index in [1.807, 2.05) is 6.20 Å². The van der Waals surface area contributed by atoms with Gasteiger partial charge >= 0.3 is 0 Å². The first-order valence-electron chi connectivity index (χ1n) is 7.02. The first kappa shape index (κ1) is 12.3. The Morgan fingerprint density at radius 1 is 1.26 bits per heavy atom. The number of aromatic nitrogens is 1. The first-order valence-corrected chi connectivity index (χ1v) is 7.02. The van der Waals surface area contributed by atoms with Gasteiger partial charge in [0.05, 0.1) is 6.54 Å². The summed E-state index contributed by atoms with van der Waals surface area (Å²) in [6.07, 6.45) is 4.47. The molecule has 2 aliphatic rings. The predicted octanol–water partition coefficient (Wildman–Crippen LogP) is 1.07. The van der Waals surface area contributed by atoms with Gasteiger partial charge < -0.3 is 15.1 Å². The molecule has 0 amide bonds. The lowest BCUT2D eigenvalue weighted by Crippen LogP contribution is -2.35. The van der Waals surface area contributed by atoms with E-state index in [1.54, 1.807) is 0 Å². The van der Waals surface area contributed by atoms with Crippen molar-refractivity contribution in [2.75, 3.05) is 38.1 Å². The average molecular weight is 259 g/mol. The van der Waals surface area contributed by atoms with Gasteiger partial charge in [-0.3, -0.25) is 4.99 Å². The number of pyridine rings is 1. The fraction of sp³-hybridized carbons (Fsp3) is 0.571. The number of hydrogen-bond donors (Lipinski definition) is 1. The van der Waals surface area contributed by atoms with Crippen LogP contribution in [-0.2, 0) is 6.54 Å². The van der Waals surface area contributed by atoms with Crippen molar-refractivity contribution >= 4 is 11.8 Å². The summed E-state index contributed by atoms with van der Waals surface area (Å²) < 4.78 is 0. The van der Waals surface area contributed by atoms with Crippen molar-refractivity contribution in [3.05, 3.63) is 23.9 Å². The lowest BCUT2D eigenvalue weighted by molar-refractivity contribution is 0.534. The molecule has 5 heteroatoms. The minimum atomic E-state index is 0.812. The first-order chi connectivity index (χ1) is 9.33. The molecule has 1 N–H and O–H groups in total. The minimum absolute atomic E-state index is 0.812. The van der Waals surface area contributed by atoms with E-state index >= 15 is 0 Å². The molecule has 102 valence electrons. The summed E-state index contributed by atoms with van der Waals surface area (Å²) in [7, 11) is 2.07. The van der Waals surface area contributed by atoms with Crippen LogP contribution < -0.4 is 10.2 Å². The molecule has 0 aliphatic carbocycles. The molecule has 0 aromatic carbocycles. The van der Waals surface area contributed by atoms with Crippen molar-refractivity contribution in [1.29, 1.82) is 0 Å². The molecule has 1 aromatic heterocycles. The van der Waals surface area contributed by atoms with Crippen molar-refractivity contribution in [2.24, 2.45) is 4.99 Å². The Morgan fingerprint density at radius 2 is 2.11 bits per heavy atom. The van der Waals surface area contributed by atoms with E-state index in [0.29, 0.717) is 0 Å². The predicted molar refractivity (Wildman–Crippen MR) is 77.5 cm³/mol. The van der Waals surface area contributed by atoms with Crippen LogP contribution in [0.2, 0.25) is 0 Å². The maximum atomic E-state index is 4.47. The highest BCUT2D eigenvalue weighted by molar-refractivity contribution is 5.81. The van der Waals surface area contributed by atoms with Crippen LogP contribution in [0.25, 0.3) is 0 Å². The van der Waals surface area contributed by atoms with Gasteiger partial charge in [0.15, 0.2) is 5.96 Å². The SMILES string of the molecule is CN1CCN=C1NCc1ccnc(N2CCCC2)c1. The van der Waals surface area contributed by atoms with Crippen LogP contribution >= 0.6 is 0 Å². The molecule has 1 fully saturated rings. The van der Waals surface area contributed by atoms with Gasteiger partial charge in [-0.25, -0.2) is 4.98 Å². The highest BCUT2D eigenvalue weighted by Gasteiger charge is 2.14. The molecule has 2 aliphatic heterocycles. The highest BCUT2D eigenvalue weighted by Crippen LogP contribution is 2.18. The molecule has 19 heavy (non-hydrogen) atoms. The molecule has 0 saturated carbocycles. The van der Waals surface area contributed by atoms with Crippen LogP contribution in [0.5, 0.6) is 0 Å². The van der Waals surface area contributed by atoms with Crippen molar-refractivity contribution in [3.63, 3.8) is 0 Å². The normalized spacial score (nSPS) is 18.9. The fourth-order valence-corrected chi connectivity index (χ4v) is 2.59. The summed E-state index contributed by atoms with van der Waals surface area (Å²) in [6, 6.07) is 4.26. The molecule has 1 saturated heterocycles. The lowest BCUT2D eigenvalue weighted by atomic mass is 10.2. The van der Waals surface area contributed by atoms with E-state index in [2.05, 4.69) is 44.3 Å². The van der Waals surface area contributed by atoms with Crippen LogP contribution in [-0.4, -0.2) is 49.1 Å². The number of rotatable bonds is 3. The number of nitrogens with zero attached hydrogens (tertiary/aromatic N) is 4. The van der Waals surface area contributed by atoms with Gasteiger partial charge in [-0.05, 0) is 30.5 Å². The van der Waals surface area contributed by atoms with Gasteiger partial charge in [0.25, 0.3) is 0 Å². The van der Waals surface area contributed by atoms with Crippen LogP contribution in [0.4, 0.5) is 5.82 Å². The van der Waals surface area contributed by atoms with E-state index in [0.717, 1.165) is 44.5 Å². The standard InChI is InChI=1S/C14H21N5/c1-18-9-6-16-14(18)17-11-12-4-5-15-13(10-12)19-7-2-3-8-19/h4-5,10H,2-3,6-9,11H2,1H3,(H,16,17). The lowest BCUT2D eigenvalue weighted by Gasteiger charge is -2.18. The zero-order chi connectivity index (χ0) is 13.1. The van der Waals surface area contributed by atoms with Crippen LogP contribution in [0, 0.1) is 0 Å². The fourth-order valence-electron chi connectivity index (χ4n) is 2.59. The zero-order valence-corrected chi connectivity index (χ0v) is 11.5. The average Bonchev–Trinajstić information content (AvgIpc) is 3.08. The Labute approximate surface area is 114 Å². The van der Waals surface area contributed by atoms with E-state index in [4.69, 9.17) is 0 Å². The Bertz CT molecular complexity index is 465. The van der Waals surface area contributed by atoms with Gasteiger partial charge in [-0.15, -0.1) is 0 Å². The number of guanidine groups is 1. The molecule has 5 nitrogen and oxygen atoms in total. The number of aliphatic imine (C=N–C) groups is 1. The third-order valence-electron chi connectivity index (χ3n) is 3.75. The molecule has 3 rings (SSSR count). The van der Waals surface area contributed by atoms with Crippen molar-refractivity contribution in [2.45, 2.75) is 19.4 Å². The maximum Gasteiger partial charge on any atom is 0.194 e. The summed E-state index contributed by atoms with van der Waals surface area (Å²) >= 11 is 0. The van der Waals surface area contributed by atoms with E-state index in [9.17, 15) is 0 Å². The van der Waals surface area contributed by atoms with Crippen LogP contribution in [0.15, 0.2) is 23.3 Å². The second kappa shape index (κ2) is 5.47. The Balaban J connectivity index is 1.63. The Morgan fingerprint density at radius 3 is 2.84 bits per heavy atom. The molecular weight excluding hydrogens is 238 g/mol. The van der Waals surface area contributed by atoms with Gasteiger partial charge in [-0.1, -0.05) is 0 Å². The van der Waals surface area contributed by atoms with Crippen LogP contribution in [0.1, 0.15) is 18.4 Å². The molecular formula is C14H21N5. The van der Waals surface area contributed by atoms with Gasteiger partial charge in [0.1, 0.15) is 5.82 Å². The monoisotopic (exact) mass is 259 g/mol. The summed E-state index contributed by atoms with van der Waals surface area (Å²) in [5.74, 6) is 2.11. The van der Waals surface area contributed by atoms with Crippen LogP contribution in [0.3, 0.4) is 0 Å². The summed E-state index contributed by atoms with van der Waals surface area (Å²) in [5, 5.41) is 3.40. The molecule has 3 heterocycles. The van der Waals surface area contributed by atoms with Crippen molar-refractivity contribution in [3.8, 4) is 0 Å². The number of nitrogens with one attached hydrogen (secondary N) is 1. The minimum Gasteiger partial charge on any atom is -0.357 e.